The summed E-state index contributed by atoms with van der Waals surface area (Å²) < 4.78 is 45.3. The van der Waals surface area contributed by atoms with Crippen LogP contribution < -0.4 is 10.1 Å². The van der Waals surface area contributed by atoms with E-state index in [1.54, 1.807) is 24.0 Å². The molecule has 0 unspecified atom stereocenters. The van der Waals surface area contributed by atoms with Gasteiger partial charge in [-0.15, -0.1) is 0 Å². The highest BCUT2D eigenvalue weighted by atomic mass is 19.1. The Labute approximate surface area is 185 Å². The molecule has 0 saturated carbocycles. The minimum atomic E-state index is -0.774. The van der Waals surface area contributed by atoms with Gasteiger partial charge in [-0.3, -0.25) is 9.59 Å². The van der Waals surface area contributed by atoms with Gasteiger partial charge in [-0.2, -0.15) is 0 Å². The van der Waals surface area contributed by atoms with E-state index in [4.69, 9.17) is 4.74 Å². The molecule has 172 valence electrons. The Balaban J connectivity index is 1.34. The van der Waals surface area contributed by atoms with Crippen LogP contribution in [0.3, 0.4) is 0 Å². The van der Waals surface area contributed by atoms with Gasteiger partial charge in [0.2, 0.25) is 11.8 Å². The summed E-state index contributed by atoms with van der Waals surface area (Å²) in [6.45, 7) is 3.08. The molecule has 0 aliphatic carbocycles. The quantitative estimate of drug-likeness (QED) is 0.618. The van der Waals surface area contributed by atoms with Crippen LogP contribution in [0.15, 0.2) is 36.4 Å². The number of ether oxygens (including phenoxy) is 1. The van der Waals surface area contributed by atoms with Gasteiger partial charge in [-0.25, -0.2) is 13.2 Å². The highest BCUT2D eigenvalue weighted by molar-refractivity contribution is 5.80. The second-order valence-electron chi connectivity index (χ2n) is 7.98. The van der Waals surface area contributed by atoms with Gasteiger partial charge in [0.25, 0.3) is 0 Å². The smallest absolute Gasteiger partial charge is 0.223 e. The predicted molar refractivity (Wildman–Crippen MR) is 113 cm³/mol. The number of rotatable bonds is 8. The maximum atomic E-state index is 13.6. The van der Waals surface area contributed by atoms with E-state index in [0.29, 0.717) is 43.5 Å². The Hall–Kier alpha value is -3.03. The van der Waals surface area contributed by atoms with E-state index in [-0.39, 0.29) is 48.9 Å². The number of nitrogens with zero attached hydrogens (tertiary/aromatic N) is 1. The lowest BCUT2D eigenvalue weighted by atomic mass is 9.95. The van der Waals surface area contributed by atoms with Crippen LogP contribution in [0, 0.1) is 30.3 Å². The van der Waals surface area contributed by atoms with Gasteiger partial charge in [0, 0.05) is 38.0 Å². The SMILES string of the molecule is Cc1ccc(CNC(=O)C2CCN(C(=O)CCCOc3ccc(F)cc3F)CC2)cc1F. The Morgan fingerprint density at radius 3 is 2.50 bits per heavy atom. The molecule has 1 fully saturated rings. The fourth-order valence-electron chi connectivity index (χ4n) is 3.63. The molecule has 0 aromatic heterocycles. The number of carbonyl (C=O) groups is 2. The zero-order chi connectivity index (χ0) is 23.1. The highest BCUT2D eigenvalue weighted by Gasteiger charge is 2.27. The summed E-state index contributed by atoms with van der Waals surface area (Å²) in [6.07, 6.45) is 1.79. The first-order valence-electron chi connectivity index (χ1n) is 10.7. The number of hydrogen-bond acceptors (Lipinski definition) is 3. The second kappa shape index (κ2) is 11.0. The predicted octanol–water partition coefficient (Wildman–Crippen LogP) is 4.13. The fraction of sp³-hybridized carbons (Fsp3) is 0.417. The van der Waals surface area contributed by atoms with Gasteiger partial charge < -0.3 is 15.0 Å². The summed E-state index contributed by atoms with van der Waals surface area (Å²) in [5.41, 5.74) is 1.27. The van der Waals surface area contributed by atoms with Crippen molar-refractivity contribution in [3.05, 3.63) is 65.0 Å². The highest BCUT2D eigenvalue weighted by Crippen LogP contribution is 2.20. The molecule has 1 aliphatic rings. The lowest BCUT2D eigenvalue weighted by Crippen LogP contribution is -2.42. The molecule has 1 heterocycles. The van der Waals surface area contributed by atoms with Crippen LogP contribution >= 0.6 is 0 Å². The maximum absolute atomic E-state index is 13.6. The fourth-order valence-corrected chi connectivity index (χ4v) is 3.63. The number of hydrogen-bond donors (Lipinski definition) is 1. The Morgan fingerprint density at radius 2 is 1.81 bits per heavy atom. The molecule has 0 spiro atoms. The van der Waals surface area contributed by atoms with Gasteiger partial charge in [-0.05, 0) is 55.5 Å². The molecule has 0 atom stereocenters. The molecule has 2 aromatic rings. The summed E-state index contributed by atoms with van der Waals surface area (Å²) in [5, 5.41) is 2.85. The number of nitrogens with one attached hydrogen (secondary N) is 1. The van der Waals surface area contributed by atoms with E-state index in [1.807, 2.05) is 0 Å². The van der Waals surface area contributed by atoms with Crippen LogP contribution in [0.25, 0.3) is 0 Å². The lowest BCUT2D eigenvalue weighted by Gasteiger charge is -2.31. The second-order valence-corrected chi connectivity index (χ2v) is 7.98. The number of amides is 2. The minimum Gasteiger partial charge on any atom is -0.491 e. The van der Waals surface area contributed by atoms with E-state index in [9.17, 15) is 22.8 Å². The molecule has 32 heavy (non-hydrogen) atoms. The van der Waals surface area contributed by atoms with Gasteiger partial charge in [0.05, 0.1) is 6.61 Å². The molecular formula is C24H27F3N2O3. The van der Waals surface area contributed by atoms with Crippen LogP contribution in [0.5, 0.6) is 5.75 Å². The molecule has 1 N–H and O–H groups in total. The summed E-state index contributed by atoms with van der Waals surface area (Å²) in [7, 11) is 0. The molecule has 1 saturated heterocycles. The van der Waals surface area contributed by atoms with Crippen molar-refractivity contribution in [2.24, 2.45) is 5.92 Å². The third-order valence-corrected chi connectivity index (χ3v) is 5.61. The topological polar surface area (TPSA) is 58.6 Å². The van der Waals surface area contributed by atoms with Crippen molar-refractivity contribution < 1.29 is 27.5 Å². The van der Waals surface area contributed by atoms with Crippen molar-refractivity contribution in [3.8, 4) is 5.75 Å². The number of likely N-dealkylation sites (tertiary alicyclic amines) is 1. The molecular weight excluding hydrogens is 421 g/mol. The molecule has 3 rings (SSSR count). The van der Waals surface area contributed by atoms with E-state index >= 15 is 0 Å². The number of halogens is 3. The van der Waals surface area contributed by atoms with Crippen molar-refractivity contribution in [2.45, 2.75) is 39.2 Å². The van der Waals surface area contributed by atoms with Gasteiger partial charge in [0.15, 0.2) is 11.6 Å². The first-order valence-corrected chi connectivity index (χ1v) is 10.7. The number of benzene rings is 2. The summed E-state index contributed by atoms with van der Waals surface area (Å²) in [4.78, 5) is 26.5. The third kappa shape index (κ3) is 6.48. The average molecular weight is 448 g/mol. The van der Waals surface area contributed by atoms with Crippen molar-refractivity contribution in [2.75, 3.05) is 19.7 Å². The summed E-state index contributed by atoms with van der Waals surface area (Å²) in [5.74, 6) is -2.10. The van der Waals surface area contributed by atoms with Gasteiger partial charge in [-0.1, -0.05) is 12.1 Å². The van der Waals surface area contributed by atoms with Crippen LogP contribution in [0.2, 0.25) is 0 Å². The van der Waals surface area contributed by atoms with E-state index in [1.165, 1.54) is 12.1 Å². The molecule has 2 aromatic carbocycles. The van der Waals surface area contributed by atoms with Gasteiger partial charge in [0.1, 0.15) is 11.6 Å². The molecule has 0 radical (unpaired) electrons. The zero-order valence-corrected chi connectivity index (χ0v) is 18.0. The Kier molecular flexibility index (Phi) is 8.14. The zero-order valence-electron chi connectivity index (χ0n) is 18.0. The average Bonchev–Trinajstić information content (AvgIpc) is 2.78. The van der Waals surface area contributed by atoms with E-state index in [2.05, 4.69) is 5.32 Å². The van der Waals surface area contributed by atoms with Crippen molar-refractivity contribution >= 4 is 11.8 Å². The van der Waals surface area contributed by atoms with E-state index < -0.39 is 11.6 Å². The van der Waals surface area contributed by atoms with Crippen LogP contribution in [-0.2, 0) is 16.1 Å². The molecule has 2 amide bonds. The van der Waals surface area contributed by atoms with Crippen LogP contribution in [0.4, 0.5) is 13.2 Å². The van der Waals surface area contributed by atoms with Crippen molar-refractivity contribution in [1.29, 1.82) is 0 Å². The van der Waals surface area contributed by atoms with Gasteiger partial charge >= 0.3 is 0 Å². The Morgan fingerprint density at radius 1 is 1.06 bits per heavy atom. The van der Waals surface area contributed by atoms with Crippen molar-refractivity contribution in [3.63, 3.8) is 0 Å². The molecule has 0 bridgehead atoms. The number of carbonyl (C=O) groups excluding carboxylic acids is 2. The molecule has 5 nitrogen and oxygen atoms in total. The van der Waals surface area contributed by atoms with Crippen LogP contribution in [-0.4, -0.2) is 36.4 Å². The minimum absolute atomic E-state index is 0.0397. The Bertz CT molecular complexity index is 960. The molecule has 8 heteroatoms. The summed E-state index contributed by atoms with van der Waals surface area (Å²) >= 11 is 0. The summed E-state index contributed by atoms with van der Waals surface area (Å²) in [6, 6.07) is 7.97. The monoisotopic (exact) mass is 448 g/mol. The largest absolute Gasteiger partial charge is 0.491 e. The maximum Gasteiger partial charge on any atom is 0.223 e. The van der Waals surface area contributed by atoms with Crippen molar-refractivity contribution in [1.82, 2.24) is 10.2 Å². The third-order valence-electron chi connectivity index (χ3n) is 5.61. The number of piperidine rings is 1. The normalized spacial score (nSPS) is 14.3. The van der Waals surface area contributed by atoms with Crippen LogP contribution in [0.1, 0.15) is 36.8 Å². The first kappa shape index (κ1) is 23.6. The first-order chi connectivity index (χ1) is 15.3. The molecule has 1 aliphatic heterocycles. The number of aryl methyl sites for hydroxylation is 1. The van der Waals surface area contributed by atoms with E-state index in [0.717, 1.165) is 12.1 Å². The lowest BCUT2D eigenvalue weighted by molar-refractivity contribution is -0.135. The standard InChI is InChI=1S/C24H27F3N2O3/c1-16-4-5-17(13-20(16)26)15-28-24(31)18-8-10-29(11-9-18)23(30)3-2-12-32-22-7-6-19(25)14-21(22)27/h4-7,13-14,18H,2-3,8-12,15H2,1H3,(H,28,31).